The third-order valence-corrected chi connectivity index (χ3v) is 2.80. The van der Waals surface area contributed by atoms with Crippen molar-refractivity contribution in [3.05, 3.63) is 23.9 Å². The number of aryl methyl sites for hydroxylation is 1. The molecule has 0 aliphatic heterocycles. The zero-order chi connectivity index (χ0) is 7.84. The highest BCUT2D eigenvalue weighted by molar-refractivity contribution is 7.22. The summed E-state index contributed by atoms with van der Waals surface area (Å²) in [7, 11) is 0. The van der Waals surface area contributed by atoms with Crippen LogP contribution in [0.1, 0.15) is 5.56 Å². The van der Waals surface area contributed by atoms with Gasteiger partial charge in [0, 0.05) is 11.6 Å². The van der Waals surface area contributed by atoms with Gasteiger partial charge in [0.25, 0.3) is 0 Å². The number of hydrogen-bond acceptors (Lipinski definition) is 3. The lowest BCUT2D eigenvalue weighted by molar-refractivity contribution is 1.44. The molecule has 2 rings (SSSR count). The summed E-state index contributed by atoms with van der Waals surface area (Å²) in [4.78, 5) is 5.23. The summed E-state index contributed by atoms with van der Waals surface area (Å²) in [6.45, 7) is 2.02. The zero-order valence-corrected chi connectivity index (χ0v) is 6.98. The van der Waals surface area contributed by atoms with E-state index >= 15 is 0 Å². The van der Waals surface area contributed by atoms with E-state index in [-0.39, 0.29) is 0 Å². The topological polar surface area (TPSA) is 38.9 Å². The SMILES string of the molecule is Cc1c(N)sc2ncccc12. The highest BCUT2D eigenvalue weighted by atomic mass is 32.1. The van der Waals surface area contributed by atoms with E-state index in [0.29, 0.717) is 0 Å². The molecule has 2 heterocycles. The normalized spacial score (nSPS) is 10.6. The fourth-order valence-corrected chi connectivity index (χ4v) is 1.99. The fourth-order valence-electron chi connectivity index (χ4n) is 1.07. The Balaban J connectivity index is 2.92. The largest absolute Gasteiger partial charge is 0.390 e. The molecule has 0 fully saturated rings. The Labute approximate surface area is 68.7 Å². The fraction of sp³-hybridized carbons (Fsp3) is 0.125. The molecule has 0 aliphatic carbocycles. The maximum atomic E-state index is 5.73. The lowest BCUT2D eigenvalue weighted by Gasteiger charge is -1.87. The molecule has 0 radical (unpaired) electrons. The van der Waals surface area contributed by atoms with Gasteiger partial charge in [-0.05, 0) is 18.6 Å². The molecule has 0 unspecified atom stereocenters. The molecule has 0 saturated carbocycles. The number of hydrogen-bond donors (Lipinski definition) is 1. The van der Waals surface area contributed by atoms with Crippen LogP contribution < -0.4 is 5.73 Å². The number of nitrogen functional groups attached to an aromatic ring is 1. The smallest absolute Gasteiger partial charge is 0.125 e. The molecule has 2 aromatic heterocycles. The molecule has 0 saturated heterocycles. The Morgan fingerprint density at radius 2 is 2.36 bits per heavy atom. The maximum Gasteiger partial charge on any atom is 0.125 e. The van der Waals surface area contributed by atoms with E-state index in [1.54, 1.807) is 17.5 Å². The van der Waals surface area contributed by atoms with Crippen LogP contribution in [-0.2, 0) is 0 Å². The Morgan fingerprint density at radius 3 is 3.09 bits per heavy atom. The Morgan fingerprint density at radius 1 is 1.55 bits per heavy atom. The minimum atomic E-state index is 0.874. The number of nitrogens with two attached hydrogens (primary N) is 1. The molecule has 56 valence electrons. The zero-order valence-electron chi connectivity index (χ0n) is 6.16. The van der Waals surface area contributed by atoms with Gasteiger partial charge >= 0.3 is 0 Å². The number of fused-ring (bicyclic) bond motifs is 1. The molecule has 2 aromatic rings. The predicted octanol–water partition coefficient (Wildman–Crippen LogP) is 2.19. The lowest BCUT2D eigenvalue weighted by atomic mass is 10.2. The minimum Gasteiger partial charge on any atom is -0.390 e. The third kappa shape index (κ3) is 0.886. The summed E-state index contributed by atoms with van der Waals surface area (Å²) >= 11 is 1.55. The predicted molar refractivity (Wildman–Crippen MR) is 48.8 cm³/mol. The molecular weight excluding hydrogens is 156 g/mol. The van der Waals surface area contributed by atoms with Crippen molar-refractivity contribution in [2.75, 3.05) is 5.73 Å². The Kier molecular flexibility index (Phi) is 1.32. The van der Waals surface area contributed by atoms with Gasteiger partial charge in [-0.1, -0.05) is 17.4 Å². The third-order valence-electron chi connectivity index (χ3n) is 1.75. The first-order valence-electron chi connectivity index (χ1n) is 3.38. The average molecular weight is 164 g/mol. The van der Waals surface area contributed by atoms with Crippen LogP contribution in [0.15, 0.2) is 18.3 Å². The van der Waals surface area contributed by atoms with Gasteiger partial charge in [-0.2, -0.15) is 0 Å². The van der Waals surface area contributed by atoms with Gasteiger partial charge in [-0.25, -0.2) is 4.98 Å². The van der Waals surface area contributed by atoms with Crippen molar-refractivity contribution < 1.29 is 0 Å². The molecule has 0 amide bonds. The van der Waals surface area contributed by atoms with Crippen LogP contribution in [0.3, 0.4) is 0 Å². The van der Waals surface area contributed by atoms with Crippen molar-refractivity contribution >= 4 is 26.6 Å². The lowest BCUT2D eigenvalue weighted by Crippen LogP contribution is -1.80. The van der Waals surface area contributed by atoms with E-state index in [2.05, 4.69) is 4.98 Å². The van der Waals surface area contributed by atoms with Crippen LogP contribution >= 0.6 is 11.3 Å². The van der Waals surface area contributed by atoms with Crippen LogP contribution in [-0.4, -0.2) is 4.98 Å². The standard InChI is InChI=1S/C8H8N2S/c1-5-6-3-2-4-10-8(6)11-7(5)9/h2-4H,9H2,1H3. The van der Waals surface area contributed by atoms with Crippen LogP contribution in [0, 0.1) is 6.92 Å². The molecule has 2 nitrogen and oxygen atoms in total. The molecule has 11 heavy (non-hydrogen) atoms. The first kappa shape index (κ1) is 6.61. The Hall–Kier alpha value is -1.09. The maximum absolute atomic E-state index is 5.73. The van der Waals surface area contributed by atoms with Gasteiger partial charge in [0.15, 0.2) is 0 Å². The number of aromatic nitrogens is 1. The minimum absolute atomic E-state index is 0.874. The van der Waals surface area contributed by atoms with Crippen molar-refractivity contribution in [2.24, 2.45) is 0 Å². The molecule has 3 heteroatoms. The highest BCUT2D eigenvalue weighted by Gasteiger charge is 2.03. The highest BCUT2D eigenvalue weighted by Crippen LogP contribution is 2.30. The second-order valence-corrected chi connectivity index (χ2v) is 3.48. The van der Waals surface area contributed by atoms with E-state index in [9.17, 15) is 0 Å². The summed E-state index contributed by atoms with van der Waals surface area (Å²) < 4.78 is 0. The summed E-state index contributed by atoms with van der Waals surface area (Å²) in [5.74, 6) is 0. The van der Waals surface area contributed by atoms with Crippen molar-refractivity contribution in [2.45, 2.75) is 6.92 Å². The van der Waals surface area contributed by atoms with Crippen molar-refractivity contribution in [1.82, 2.24) is 4.98 Å². The van der Waals surface area contributed by atoms with E-state index in [1.165, 1.54) is 5.39 Å². The van der Waals surface area contributed by atoms with Crippen LogP contribution in [0.4, 0.5) is 5.00 Å². The number of thiophene rings is 1. The summed E-state index contributed by atoms with van der Waals surface area (Å²) in [6, 6.07) is 3.98. The molecule has 2 N–H and O–H groups in total. The van der Waals surface area contributed by atoms with Crippen LogP contribution in [0.2, 0.25) is 0 Å². The first-order chi connectivity index (χ1) is 5.29. The summed E-state index contributed by atoms with van der Waals surface area (Å²) in [5.41, 5.74) is 6.88. The van der Waals surface area contributed by atoms with Gasteiger partial charge in [0.05, 0.1) is 5.00 Å². The Bertz CT molecular complexity index is 392. The molecule has 0 spiro atoms. The molecular formula is C8H8N2S. The summed E-state index contributed by atoms with van der Waals surface area (Å²) in [5, 5.41) is 2.05. The second kappa shape index (κ2) is 2.20. The number of rotatable bonds is 0. The van der Waals surface area contributed by atoms with Gasteiger partial charge in [-0.15, -0.1) is 0 Å². The first-order valence-corrected chi connectivity index (χ1v) is 4.20. The van der Waals surface area contributed by atoms with Gasteiger partial charge in [-0.3, -0.25) is 0 Å². The number of nitrogens with zero attached hydrogens (tertiary/aromatic N) is 1. The van der Waals surface area contributed by atoms with Gasteiger partial charge < -0.3 is 5.73 Å². The quantitative estimate of drug-likeness (QED) is 0.648. The van der Waals surface area contributed by atoms with E-state index in [1.807, 2.05) is 19.1 Å². The van der Waals surface area contributed by atoms with Crippen LogP contribution in [0.5, 0.6) is 0 Å². The van der Waals surface area contributed by atoms with Crippen molar-refractivity contribution in [3.8, 4) is 0 Å². The van der Waals surface area contributed by atoms with Crippen molar-refractivity contribution in [3.63, 3.8) is 0 Å². The van der Waals surface area contributed by atoms with E-state index in [0.717, 1.165) is 15.4 Å². The van der Waals surface area contributed by atoms with Gasteiger partial charge in [0.2, 0.25) is 0 Å². The monoisotopic (exact) mass is 164 g/mol. The second-order valence-electron chi connectivity index (χ2n) is 2.45. The molecule has 0 bridgehead atoms. The number of pyridine rings is 1. The average Bonchev–Trinajstić information content (AvgIpc) is 2.30. The molecule has 0 aromatic carbocycles. The van der Waals surface area contributed by atoms with Gasteiger partial charge in [0.1, 0.15) is 4.83 Å². The van der Waals surface area contributed by atoms with E-state index < -0.39 is 0 Å². The van der Waals surface area contributed by atoms with Crippen LogP contribution in [0.25, 0.3) is 10.2 Å². The summed E-state index contributed by atoms with van der Waals surface area (Å²) in [6.07, 6.45) is 1.79. The van der Waals surface area contributed by atoms with E-state index in [4.69, 9.17) is 5.73 Å². The van der Waals surface area contributed by atoms with Crippen molar-refractivity contribution in [1.29, 1.82) is 0 Å². The molecule has 0 aliphatic rings. The molecule has 0 atom stereocenters. The number of anilines is 1.